The second-order valence-corrected chi connectivity index (χ2v) is 5.51. The van der Waals surface area contributed by atoms with Crippen molar-refractivity contribution in [2.24, 2.45) is 0 Å². The minimum atomic E-state index is -0.372. The molecule has 0 aliphatic rings. The lowest BCUT2D eigenvalue weighted by Crippen LogP contribution is -2.11. The van der Waals surface area contributed by atoms with E-state index in [0.717, 1.165) is 4.90 Å². The number of benzene rings is 1. The molecule has 6 heteroatoms. The third kappa shape index (κ3) is 2.94. The molecule has 4 nitrogen and oxygen atoms in total. The average Bonchev–Trinajstić information content (AvgIpc) is 2.35. The molecule has 0 saturated heterocycles. The van der Waals surface area contributed by atoms with E-state index >= 15 is 0 Å². The number of rotatable bonds is 3. The topological polar surface area (TPSA) is 66.0 Å². The van der Waals surface area contributed by atoms with Crippen LogP contribution in [0.4, 0.5) is 0 Å². The third-order valence-corrected chi connectivity index (χ3v) is 4.25. The summed E-state index contributed by atoms with van der Waals surface area (Å²) in [6.07, 6.45) is 0. The summed E-state index contributed by atoms with van der Waals surface area (Å²) in [5, 5.41) is 9.45. The smallest absolute Gasteiger partial charge is 0.269 e. The van der Waals surface area contributed by atoms with Gasteiger partial charge in [-0.05, 0) is 34.5 Å². The summed E-state index contributed by atoms with van der Waals surface area (Å²) in [6.45, 7) is 2.03. The van der Waals surface area contributed by atoms with E-state index in [9.17, 15) is 9.90 Å². The molecule has 0 aliphatic heterocycles. The number of nitrogens with one attached hydrogen (secondary N) is 1. The van der Waals surface area contributed by atoms with Crippen molar-refractivity contribution in [3.8, 4) is 5.88 Å². The number of nitrogens with zero attached hydrogens (tertiary/aromatic N) is 1. The van der Waals surface area contributed by atoms with E-state index in [-0.39, 0.29) is 15.9 Å². The minimum Gasteiger partial charge on any atom is -0.492 e. The van der Waals surface area contributed by atoms with Crippen molar-refractivity contribution >= 4 is 27.7 Å². The van der Waals surface area contributed by atoms with Crippen LogP contribution in [0.5, 0.6) is 5.88 Å². The first-order chi connectivity index (χ1) is 8.58. The Hall–Kier alpha value is -1.27. The number of thioether (sulfide) groups is 1. The first kappa shape index (κ1) is 13.2. The molecule has 0 aliphatic carbocycles. The molecule has 0 unspecified atom stereocenters. The second-order valence-electron chi connectivity index (χ2n) is 3.70. The lowest BCUT2D eigenvalue weighted by Gasteiger charge is -2.05. The molecule has 0 saturated carbocycles. The summed E-state index contributed by atoms with van der Waals surface area (Å²) in [5.41, 5.74) is 0.800. The van der Waals surface area contributed by atoms with Crippen molar-refractivity contribution in [1.82, 2.24) is 9.97 Å². The zero-order valence-electron chi connectivity index (χ0n) is 9.61. The molecular formula is C12H11BrN2O2S. The van der Waals surface area contributed by atoms with Crippen LogP contribution in [0.15, 0.2) is 38.4 Å². The maximum absolute atomic E-state index is 11.4. The molecule has 2 rings (SSSR count). The molecule has 2 N–H and O–H groups in total. The van der Waals surface area contributed by atoms with E-state index in [1.54, 1.807) is 11.8 Å². The normalized spacial score (nSPS) is 10.6. The van der Waals surface area contributed by atoms with Crippen LogP contribution in [0, 0.1) is 6.92 Å². The molecule has 0 radical (unpaired) electrons. The molecule has 0 spiro atoms. The van der Waals surface area contributed by atoms with Crippen LogP contribution in [0.3, 0.4) is 0 Å². The molecule has 1 heterocycles. The minimum absolute atomic E-state index is 0.0622. The van der Waals surface area contributed by atoms with Gasteiger partial charge in [0.2, 0.25) is 5.88 Å². The summed E-state index contributed by atoms with van der Waals surface area (Å²) in [4.78, 5) is 19.1. The fourth-order valence-electron chi connectivity index (χ4n) is 1.43. The van der Waals surface area contributed by atoms with Gasteiger partial charge in [0.05, 0.1) is 5.75 Å². The van der Waals surface area contributed by atoms with Gasteiger partial charge in [-0.3, -0.25) is 4.79 Å². The van der Waals surface area contributed by atoms with Crippen LogP contribution in [0.25, 0.3) is 0 Å². The van der Waals surface area contributed by atoms with Crippen LogP contribution in [-0.2, 0) is 5.75 Å². The molecule has 0 fully saturated rings. The quantitative estimate of drug-likeness (QED) is 0.851. The van der Waals surface area contributed by atoms with Crippen molar-refractivity contribution in [3.05, 3.63) is 50.5 Å². The molecule has 1 aromatic heterocycles. The number of aromatic hydroxyl groups is 1. The van der Waals surface area contributed by atoms with Crippen LogP contribution in [0.1, 0.15) is 11.4 Å². The number of aromatic nitrogens is 2. The Balaban J connectivity index is 2.17. The SMILES string of the molecule is Cc1ccccc1SCc1nc(O)c(Br)c(=O)[nH]1. The Bertz CT molecular complexity index is 628. The van der Waals surface area contributed by atoms with E-state index in [1.807, 2.05) is 31.2 Å². The zero-order chi connectivity index (χ0) is 13.1. The molecule has 1 aromatic carbocycles. The average molecular weight is 327 g/mol. The predicted octanol–water partition coefficient (Wildman–Crippen LogP) is 2.84. The van der Waals surface area contributed by atoms with Crippen molar-refractivity contribution < 1.29 is 5.11 Å². The summed E-state index contributed by atoms with van der Waals surface area (Å²) in [7, 11) is 0. The van der Waals surface area contributed by atoms with Gasteiger partial charge in [-0.2, -0.15) is 4.98 Å². The van der Waals surface area contributed by atoms with Gasteiger partial charge in [-0.15, -0.1) is 11.8 Å². The van der Waals surface area contributed by atoms with Gasteiger partial charge in [-0.25, -0.2) is 0 Å². The number of halogens is 1. The Morgan fingerprint density at radius 1 is 1.44 bits per heavy atom. The first-order valence-corrected chi connectivity index (χ1v) is 7.02. The monoisotopic (exact) mass is 326 g/mol. The van der Waals surface area contributed by atoms with Crippen LogP contribution in [-0.4, -0.2) is 15.1 Å². The molecule has 0 amide bonds. The van der Waals surface area contributed by atoms with Gasteiger partial charge in [0.15, 0.2) is 0 Å². The Kier molecular flexibility index (Phi) is 4.08. The third-order valence-electron chi connectivity index (χ3n) is 2.35. The highest BCUT2D eigenvalue weighted by Crippen LogP contribution is 2.25. The van der Waals surface area contributed by atoms with E-state index in [4.69, 9.17) is 0 Å². The van der Waals surface area contributed by atoms with Gasteiger partial charge < -0.3 is 10.1 Å². The van der Waals surface area contributed by atoms with E-state index in [2.05, 4.69) is 25.9 Å². The largest absolute Gasteiger partial charge is 0.492 e. The van der Waals surface area contributed by atoms with Gasteiger partial charge in [-0.1, -0.05) is 18.2 Å². The summed E-state index contributed by atoms with van der Waals surface area (Å²) >= 11 is 4.52. The van der Waals surface area contributed by atoms with Gasteiger partial charge in [0, 0.05) is 4.90 Å². The number of aryl methyl sites for hydroxylation is 1. The van der Waals surface area contributed by atoms with Crippen molar-refractivity contribution in [1.29, 1.82) is 0 Å². The maximum atomic E-state index is 11.4. The van der Waals surface area contributed by atoms with E-state index in [1.165, 1.54) is 5.56 Å². The molecule has 0 bridgehead atoms. The Morgan fingerprint density at radius 2 is 2.17 bits per heavy atom. The lowest BCUT2D eigenvalue weighted by atomic mass is 10.2. The van der Waals surface area contributed by atoms with Gasteiger partial charge in [0.1, 0.15) is 10.3 Å². The molecule has 94 valence electrons. The van der Waals surface area contributed by atoms with Gasteiger partial charge in [0.25, 0.3) is 5.56 Å². The van der Waals surface area contributed by atoms with Crippen molar-refractivity contribution in [2.45, 2.75) is 17.6 Å². The highest BCUT2D eigenvalue weighted by atomic mass is 79.9. The van der Waals surface area contributed by atoms with Crippen LogP contribution in [0.2, 0.25) is 0 Å². The number of H-pyrrole nitrogens is 1. The molecule has 2 aromatic rings. The second kappa shape index (κ2) is 5.58. The summed E-state index contributed by atoms with van der Waals surface area (Å²) < 4.78 is 0.0622. The number of hydrogen-bond donors (Lipinski definition) is 2. The van der Waals surface area contributed by atoms with Crippen LogP contribution >= 0.6 is 27.7 Å². The fourth-order valence-corrected chi connectivity index (χ4v) is 2.51. The first-order valence-electron chi connectivity index (χ1n) is 5.24. The van der Waals surface area contributed by atoms with Crippen LogP contribution < -0.4 is 5.56 Å². The maximum Gasteiger partial charge on any atom is 0.269 e. The Morgan fingerprint density at radius 3 is 2.83 bits per heavy atom. The molecule has 0 atom stereocenters. The Labute approximate surface area is 117 Å². The number of aromatic amines is 1. The molecule has 18 heavy (non-hydrogen) atoms. The lowest BCUT2D eigenvalue weighted by molar-refractivity contribution is 0.444. The fraction of sp³-hybridized carbons (Fsp3) is 0.167. The predicted molar refractivity (Wildman–Crippen MR) is 75.0 cm³/mol. The summed E-state index contributed by atoms with van der Waals surface area (Å²) in [6, 6.07) is 7.98. The van der Waals surface area contributed by atoms with E-state index < -0.39 is 0 Å². The summed E-state index contributed by atoms with van der Waals surface area (Å²) in [5.74, 6) is 0.675. The standard InChI is InChI=1S/C12H11BrN2O2S/c1-7-4-2-3-5-8(7)18-6-9-14-11(16)10(13)12(17)15-9/h2-5H,6H2,1H3,(H2,14,15,16,17). The molecular weight excluding hydrogens is 316 g/mol. The number of hydrogen-bond acceptors (Lipinski definition) is 4. The van der Waals surface area contributed by atoms with E-state index in [0.29, 0.717) is 11.6 Å². The zero-order valence-corrected chi connectivity index (χ0v) is 12.0. The van der Waals surface area contributed by atoms with Gasteiger partial charge >= 0.3 is 0 Å². The highest BCUT2D eigenvalue weighted by molar-refractivity contribution is 9.10. The van der Waals surface area contributed by atoms with Crippen molar-refractivity contribution in [3.63, 3.8) is 0 Å². The highest BCUT2D eigenvalue weighted by Gasteiger charge is 2.08. The van der Waals surface area contributed by atoms with Crippen molar-refractivity contribution in [2.75, 3.05) is 0 Å².